The van der Waals surface area contributed by atoms with E-state index in [9.17, 15) is 18.4 Å². The van der Waals surface area contributed by atoms with Crippen LogP contribution in [0.1, 0.15) is 43.9 Å². The van der Waals surface area contributed by atoms with Crippen LogP contribution in [0.5, 0.6) is 5.75 Å². The van der Waals surface area contributed by atoms with Crippen LogP contribution in [0.4, 0.5) is 8.78 Å². The number of ether oxygens (including phenoxy) is 2. The number of benzene rings is 2. The van der Waals surface area contributed by atoms with E-state index < -0.39 is 29.6 Å². The molecule has 0 aromatic heterocycles. The zero-order valence-electron chi connectivity index (χ0n) is 17.4. The molecule has 0 fully saturated rings. The summed E-state index contributed by atoms with van der Waals surface area (Å²) in [5.41, 5.74) is 0.674. The molecule has 0 spiro atoms. The van der Waals surface area contributed by atoms with Gasteiger partial charge in [-0.25, -0.2) is 13.6 Å². The van der Waals surface area contributed by atoms with E-state index in [2.05, 4.69) is 19.2 Å². The second kappa shape index (κ2) is 11.3. The Morgan fingerprint density at radius 3 is 2.27 bits per heavy atom. The number of esters is 1. The quantitative estimate of drug-likeness (QED) is 0.582. The van der Waals surface area contributed by atoms with E-state index in [4.69, 9.17) is 9.47 Å². The lowest BCUT2D eigenvalue weighted by Crippen LogP contribution is -2.35. The monoisotopic (exact) mass is 419 g/mol. The summed E-state index contributed by atoms with van der Waals surface area (Å²) < 4.78 is 37.2. The third-order valence-corrected chi connectivity index (χ3v) is 4.56. The zero-order valence-corrected chi connectivity index (χ0v) is 17.4. The molecule has 0 radical (unpaired) electrons. The van der Waals surface area contributed by atoms with Crippen LogP contribution in [0.15, 0.2) is 42.5 Å². The van der Waals surface area contributed by atoms with Gasteiger partial charge in [0.1, 0.15) is 17.4 Å². The van der Waals surface area contributed by atoms with Gasteiger partial charge in [-0.3, -0.25) is 4.79 Å². The molecule has 162 valence electrons. The highest BCUT2D eigenvalue weighted by Crippen LogP contribution is 2.20. The first kappa shape index (κ1) is 23.3. The summed E-state index contributed by atoms with van der Waals surface area (Å²) in [5, 5.41) is 2.56. The molecule has 2 aromatic carbocycles. The van der Waals surface area contributed by atoms with Gasteiger partial charge in [0.2, 0.25) is 5.91 Å². The van der Waals surface area contributed by atoms with Crippen LogP contribution in [0.3, 0.4) is 0 Å². The van der Waals surface area contributed by atoms with Gasteiger partial charge in [-0.05, 0) is 47.7 Å². The molecule has 2 aromatic rings. The van der Waals surface area contributed by atoms with Crippen LogP contribution in [0, 0.1) is 17.6 Å². The first-order chi connectivity index (χ1) is 14.3. The van der Waals surface area contributed by atoms with Crippen molar-refractivity contribution in [2.75, 3.05) is 13.7 Å². The zero-order chi connectivity index (χ0) is 22.1. The molecule has 1 amide bonds. The molecule has 1 N–H and O–H groups in total. The lowest BCUT2D eigenvalue weighted by Gasteiger charge is -2.18. The molecule has 5 nitrogen and oxygen atoms in total. The predicted octanol–water partition coefficient (Wildman–Crippen LogP) is 4.35. The summed E-state index contributed by atoms with van der Waals surface area (Å²) in [6.45, 7) is 4.83. The molecule has 0 aliphatic rings. The van der Waals surface area contributed by atoms with E-state index in [-0.39, 0.29) is 12.0 Å². The van der Waals surface area contributed by atoms with Crippen molar-refractivity contribution < 1.29 is 27.8 Å². The predicted molar refractivity (Wildman–Crippen MR) is 109 cm³/mol. The van der Waals surface area contributed by atoms with Crippen molar-refractivity contribution in [3.05, 3.63) is 65.2 Å². The summed E-state index contributed by atoms with van der Waals surface area (Å²) in [4.78, 5) is 24.5. The number of nitrogens with one attached hydrogen (secondary N) is 1. The molecular weight excluding hydrogens is 392 g/mol. The SMILES string of the molecule is CCCC(C)COc1ccc([C@@H](NC(=O)Cc2cc(F)cc(F)c2)C(=O)OC)cc1. The second-order valence-electron chi connectivity index (χ2n) is 7.25. The van der Waals surface area contributed by atoms with Gasteiger partial charge in [-0.2, -0.15) is 0 Å². The number of hydrogen-bond donors (Lipinski definition) is 1. The molecule has 0 saturated heterocycles. The van der Waals surface area contributed by atoms with Gasteiger partial charge in [0.25, 0.3) is 0 Å². The highest BCUT2D eigenvalue weighted by molar-refractivity contribution is 5.86. The Labute approximate surface area is 175 Å². The van der Waals surface area contributed by atoms with Crippen LogP contribution in [-0.4, -0.2) is 25.6 Å². The second-order valence-corrected chi connectivity index (χ2v) is 7.25. The minimum Gasteiger partial charge on any atom is -0.493 e. The highest BCUT2D eigenvalue weighted by atomic mass is 19.1. The summed E-state index contributed by atoms with van der Waals surface area (Å²) in [5.74, 6) is -1.67. The number of carbonyl (C=O) groups excluding carboxylic acids is 2. The van der Waals surface area contributed by atoms with Gasteiger partial charge in [0.15, 0.2) is 6.04 Å². The Kier molecular flexibility index (Phi) is 8.77. The normalized spacial score (nSPS) is 12.7. The van der Waals surface area contributed by atoms with E-state index in [0.717, 1.165) is 31.0 Å². The Hall–Kier alpha value is -2.96. The maximum absolute atomic E-state index is 13.3. The van der Waals surface area contributed by atoms with Crippen molar-refractivity contribution in [3.63, 3.8) is 0 Å². The Bertz CT molecular complexity index is 835. The Morgan fingerprint density at radius 2 is 1.70 bits per heavy atom. The molecule has 1 unspecified atom stereocenters. The molecule has 0 saturated carbocycles. The van der Waals surface area contributed by atoms with Gasteiger partial charge < -0.3 is 14.8 Å². The van der Waals surface area contributed by atoms with Crippen LogP contribution in [-0.2, 0) is 20.7 Å². The van der Waals surface area contributed by atoms with Crippen molar-refractivity contribution in [2.45, 2.75) is 39.2 Å². The standard InChI is InChI=1S/C23H27F2NO4/c1-4-5-15(2)14-30-20-8-6-17(7-9-20)22(23(28)29-3)26-21(27)12-16-10-18(24)13-19(25)11-16/h6-11,13,15,22H,4-5,12,14H2,1-3H3,(H,26,27)/t15?,22-/m1/s1. The van der Waals surface area contributed by atoms with Gasteiger partial charge >= 0.3 is 5.97 Å². The van der Waals surface area contributed by atoms with Gasteiger partial charge in [-0.15, -0.1) is 0 Å². The maximum atomic E-state index is 13.3. The Balaban J connectivity index is 2.06. The van der Waals surface area contributed by atoms with Crippen LogP contribution >= 0.6 is 0 Å². The molecule has 2 atom stereocenters. The molecule has 0 aliphatic carbocycles. The number of carbonyl (C=O) groups is 2. The van der Waals surface area contributed by atoms with Crippen molar-refractivity contribution in [1.82, 2.24) is 5.32 Å². The van der Waals surface area contributed by atoms with Crippen molar-refractivity contribution in [1.29, 1.82) is 0 Å². The van der Waals surface area contributed by atoms with Gasteiger partial charge in [0, 0.05) is 6.07 Å². The largest absolute Gasteiger partial charge is 0.493 e. The molecule has 30 heavy (non-hydrogen) atoms. The number of rotatable bonds is 10. The molecule has 0 bridgehead atoms. The number of hydrogen-bond acceptors (Lipinski definition) is 4. The van der Waals surface area contributed by atoms with Crippen molar-refractivity contribution in [3.8, 4) is 5.75 Å². The van der Waals surface area contributed by atoms with E-state index in [1.165, 1.54) is 7.11 Å². The van der Waals surface area contributed by atoms with Crippen LogP contribution < -0.4 is 10.1 Å². The van der Waals surface area contributed by atoms with E-state index in [0.29, 0.717) is 23.8 Å². The summed E-state index contributed by atoms with van der Waals surface area (Å²) in [6.07, 6.45) is 1.88. The van der Waals surface area contributed by atoms with Crippen molar-refractivity contribution >= 4 is 11.9 Å². The average molecular weight is 419 g/mol. The molecule has 7 heteroatoms. The first-order valence-corrected chi connectivity index (χ1v) is 9.87. The molecule has 2 rings (SSSR count). The topological polar surface area (TPSA) is 64.6 Å². The fourth-order valence-corrected chi connectivity index (χ4v) is 3.08. The minimum atomic E-state index is -1.05. The highest BCUT2D eigenvalue weighted by Gasteiger charge is 2.24. The average Bonchev–Trinajstić information content (AvgIpc) is 2.70. The summed E-state index contributed by atoms with van der Waals surface area (Å²) in [7, 11) is 1.22. The fraction of sp³-hybridized carbons (Fsp3) is 0.391. The van der Waals surface area contributed by atoms with E-state index in [1.807, 2.05) is 0 Å². The molecular formula is C23H27F2NO4. The molecule has 0 aliphatic heterocycles. The minimum absolute atomic E-state index is 0.165. The smallest absolute Gasteiger partial charge is 0.333 e. The van der Waals surface area contributed by atoms with E-state index in [1.54, 1.807) is 24.3 Å². The van der Waals surface area contributed by atoms with Crippen LogP contribution in [0.25, 0.3) is 0 Å². The summed E-state index contributed by atoms with van der Waals surface area (Å²) in [6, 6.07) is 8.60. The lowest BCUT2D eigenvalue weighted by molar-refractivity contribution is -0.145. The molecule has 0 heterocycles. The van der Waals surface area contributed by atoms with E-state index >= 15 is 0 Å². The fourth-order valence-electron chi connectivity index (χ4n) is 3.08. The number of halogens is 2. The number of amides is 1. The van der Waals surface area contributed by atoms with Crippen molar-refractivity contribution in [2.24, 2.45) is 5.92 Å². The maximum Gasteiger partial charge on any atom is 0.333 e. The third-order valence-electron chi connectivity index (χ3n) is 4.56. The summed E-state index contributed by atoms with van der Waals surface area (Å²) >= 11 is 0. The third kappa shape index (κ3) is 7.13. The Morgan fingerprint density at radius 1 is 1.07 bits per heavy atom. The number of methoxy groups -OCH3 is 1. The van der Waals surface area contributed by atoms with Crippen LogP contribution in [0.2, 0.25) is 0 Å². The first-order valence-electron chi connectivity index (χ1n) is 9.87. The lowest BCUT2D eigenvalue weighted by atomic mass is 10.1. The van der Waals surface area contributed by atoms with Gasteiger partial charge in [-0.1, -0.05) is 32.4 Å². The van der Waals surface area contributed by atoms with Gasteiger partial charge in [0.05, 0.1) is 20.1 Å².